The van der Waals surface area contributed by atoms with Crippen molar-refractivity contribution in [3.05, 3.63) is 18.1 Å². The van der Waals surface area contributed by atoms with Crippen molar-refractivity contribution in [3.63, 3.8) is 0 Å². The summed E-state index contributed by atoms with van der Waals surface area (Å²) in [7, 11) is 3.49. The number of aryl methyl sites for hydroxylation is 1. The summed E-state index contributed by atoms with van der Waals surface area (Å²) < 4.78 is 10.4. The second kappa shape index (κ2) is 8.26. The van der Waals surface area contributed by atoms with Crippen LogP contribution in [0.5, 0.6) is 0 Å². The molecule has 21 heavy (non-hydrogen) atoms. The van der Waals surface area contributed by atoms with Crippen LogP contribution in [0.2, 0.25) is 0 Å². The van der Waals surface area contributed by atoms with Crippen LogP contribution in [0.4, 0.5) is 5.82 Å². The van der Waals surface area contributed by atoms with Crippen LogP contribution >= 0.6 is 0 Å². The molecule has 1 fully saturated rings. The van der Waals surface area contributed by atoms with E-state index in [9.17, 15) is 0 Å². The Kier molecular flexibility index (Phi) is 6.35. The molecule has 1 N–H and O–H groups in total. The normalized spacial score (nSPS) is 21.3. The molecule has 118 valence electrons. The van der Waals surface area contributed by atoms with Crippen LogP contribution in [0.1, 0.15) is 18.5 Å². The van der Waals surface area contributed by atoms with Gasteiger partial charge in [0, 0.05) is 51.2 Å². The standard InChI is InChI=1S/C15H26N4O2/c1-12-8-15(17-11-16-12)18-13-9-14(10-13)19(4-6-20-2)5-7-21-3/h8,11,13-14H,4-7,9-10H2,1-3H3,(H,16,17,18)/t13-,14-. The molecular weight excluding hydrogens is 268 g/mol. The van der Waals surface area contributed by atoms with E-state index in [-0.39, 0.29) is 0 Å². The first-order valence-electron chi connectivity index (χ1n) is 7.50. The van der Waals surface area contributed by atoms with Gasteiger partial charge in [0.1, 0.15) is 12.1 Å². The van der Waals surface area contributed by atoms with Crippen molar-refractivity contribution in [2.24, 2.45) is 0 Å². The number of methoxy groups -OCH3 is 2. The van der Waals surface area contributed by atoms with Crippen LogP contribution in [-0.2, 0) is 9.47 Å². The van der Waals surface area contributed by atoms with Crippen molar-refractivity contribution in [1.29, 1.82) is 0 Å². The Hall–Kier alpha value is -1.24. The van der Waals surface area contributed by atoms with Crippen molar-refractivity contribution in [1.82, 2.24) is 14.9 Å². The second-order valence-electron chi connectivity index (χ2n) is 5.53. The predicted molar refractivity (Wildman–Crippen MR) is 82.5 cm³/mol. The van der Waals surface area contributed by atoms with Crippen molar-refractivity contribution >= 4 is 5.82 Å². The zero-order chi connectivity index (χ0) is 15.1. The van der Waals surface area contributed by atoms with Gasteiger partial charge in [-0.25, -0.2) is 9.97 Å². The molecule has 1 aromatic rings. The first kappa shape index (κ1) is 16.1. The highest BCUT2D eigenvalue weighted by atomic mass is 16.5. The second-order valence-corrected chi connectivity index (χ2v) is 5.53. The van der Waals surface area contributed by atoms with Gasteiger partial charge in [-0.1, -0.05) is 0 Å². The van der Waals surface area contributed by atoms with Crippen molar-refractivity contribution in [2.45, 2.75) is 31.8 Å². The van der Waals surface area contributed by atoms with E-state index in [0.717, 1.165) is 50.7 Å². The Morgan fingerprint density at radius 3 is 2.43 bits per heavy atom. The van der Waals surface area contributed by atoms with Gasteiger partial charge in [0.2, 0.25) is 0 Å². The van der Waals surface area contributed by atoms with Gasteiger partial charge >= 0.3 is 0 Å². The monoisotopic (exact) mass is 294 g/mol. The Morgan fingerprint density at radius 1 is 1.19 bits per heavy atom. The number of hydrogen-bond acceptors (Lipinski definition) is 6. The van der Waals surface area contributed by atoms with Crippen LogP contribution in [-0.4, -0.2) is 67.5 Å². The maximum Gasteiger partial charge on any atom is 0.129 e. The molecule has 1 saturated carbocycles. The Labute approximate surface area is 126 Å². The molecule has 1 aliphatic rings. The molecule has 0 saturated heterocycles. The lowest BCUT2D eigenvalue weighted by molar-refractivity contribution is 0.0546. The van der Waals surface area contributed by atoms with E-state index < -0.39 is 0 Å². The summed E-state index contributed by atoms with van der Waals surface area (Å²) in [6.45, 7) is 5.44. The quantitative estimate of drug-likeness (QED) is 0.741. The molecule has 0 aromatic carbocycles. The Bertz CT molecular complexity index is 416. The van der Waals surface area contributed by atoms with Crippen molar-refractivity contribution in [3.8, 4) is 0 Å². The van der Waals surface area contributed by atoms with Crippen molar-refractivity contribution in [2.75, 3.05) is 45.8 Å². The van der Waals surface area contributed by atoms with Gasteiger partial charge < -0.3 is 14.8 Å². The maximum absolute atomic E-state index is 5.19. The third kappa shape index (κ3) is 4.91. The zero-order valence-corrected chi connectivity index (χ0v) is 13.2. The van der Waals surface area contributed by atoms with Crippen LogP contribution in [0.15, 0.2) is 12.4 Å². The molecule has 1 heterocycles. The van der Waals surface area contributed by atoms with Gasteiger partial charge in [-0.05, 0) is 19.8 Å². The summed E-state index contributed by atoms with van der Waals surface area (Å²) >= 11 is 0. The van der Waals surface area contributed by atoms with Gasteiger partial charge in [0.15, 0.2) is 0 Å². The lowest BCUT2D eigenvalue weighted by Crippen LogP contribution is -2.51. The van der Waals surface area contributed by atoms with E-state index >= 15 is 0 Å². The van der Waals surface area contributed by atoms with E-state index in [1.54, 1.807) is 20.5 Å². The maximum atomic E-state index is 5.19. The molecule has 2 rings (SSSR count). The fourth-order valence-electron chi connectivity index (χ4n) is 2.64. The van der Waals surface area contributed by atoms with E-state index in [4.69, 9.17) is 9.47 Å². The van der Waals surface area contributed by atoms with Gasteiger partial charge in [0.25, 0.3) is 0 Å². The molecule has 6 nitrogen and oxygen atoms in total. The Morgan fingerprint density at radius 2 is 1.86 bits per heavy atom. The van der Waals surface area contributed by atoms with Gasteiger partial charge in [-0.15, -0.1) is 0 Å². The fourth-order valence-corrected chi connectivity index (χ4v) is 2.64. The summed E-state index contributed by atoms with van der Waals surface area (Å²) in [6, 6.07) is 3.09. The highest BCUT2D eigenvalue weighted by Gasteiger charge is 2.33. The first-order valence-corrected chi connectivity index (χ1v) is 7.50. The molecule has 0 amide bonds. The molecule has 6 heteroatoms. The summed E-state index contributed by atoms with van der Waals surface area (Å²) in [6.07, 6.45) is 3.88. The SMILES string of the molecule is COCCN(CCOC)[C@H]1C[C@H](Nc2cc(C)ncn2)C1. The lowest BCUT2D eigenvalue weighted by Gasteiger charge is -2.43. The number of anilines is 1. The van der Waals surface area contributed by atoms with Crippen molar-refractivity contribution < 1.29 is 9.47 Å². The van der Waals surface area contributed by atoms with Crippen LogP contribution < -0.4 is 5.32 Å². The highest BCUT2D eigenvalue weighted by molar-refractivity contribution is 5.36. The van der Waals surface area contributed by atoms with E-state index in [2.05, 4.69) is 20.2 Å². The predicted octanol–water partition coefficient (Wildman–Crippen LogP) is 1.32. The van der Waals surface area contributed by atoms with Crippen LogP contribution in [0.25, 0.3) is 0 Å². The number of ether oxygens (including phenoxy) is 2. The number of aromatic nitrogens is 2. The Balaban J connectivity index is 1.77. The molecular formula is C15H26N4O2. The molecule has 1 aliphatic carbocycles. The molecule has 0 spiro atoms. The third-order valence-corrected chi connectivity index (χ3v) is 3.95. The molecule has 1 aromatic heterocycles. The summed E-state index contributed by atoms with van der Waals surface area (Å²) in [5, 5.41) is 3.48. The minimum absolute atomic E-state index is 0.497. The average molecular weight is 294 g/mol. The molecule has 0 aliphatic heterocycles. The van der Waals surface area contributed by atoms with Gasteiger partial charge in [0.05, 0.1) is 13.2 Å². The number of nitrogens with one attached hydrogen (secondary N) is 1. The summed E-state index contributed by atoms with van der Waals surface area (Å²) in [5.74, 6) is 0.922. The zero-order valence-electron chi connectivity index (χ0n) is 13.2. The minimum Gasteiger partial charge on any atom is -0.383 e. The molecule has 0 unspecified atom stereocenters. The third-order valence-electron chi connectivity index (χ3n) is 3.95. The molecule has 0 bridgehead atoms. The highest BCUT2D eigenvalue weighted by Crippen LogP contribution is 2.28. The van der Waals surface area contributed by atoms with Crippen LogP contribution in [0, 0.1) is 6.92 Å². The summed E-state index contributed by atoms with van der Waals surface area (Å²) in [5.41, 5.74) is 0.991. The minimum atomic E-state index is 0.497. The molecule has 0 radical (unpaired) electrons. The fraction of sp³-hybridized carbons (Fsp3) is 0.733. The number of nitrogens with zero attached hydrogens (tertiary/aromatic N) is 3. The average Bonchev–Trinajstić information content (AvgIpc) is 2.43. The molecule has 0 atom stereocenters. The smallest absolute Gasteiger partial charge is 0.129 e. The van der Waals surface area contributed by atoms with Gasteiger partial charge in [-0.3, -0.25) is 4.90 Å². The topological polar surface area (TPSA) is 59.5 Å². The lowest BCUT2D eigenvalue weighted by atomic mass is 9.85. The van der Waals surface area contributed by atoms with Gasteiger partial charge in [-0.2, -0.15) is 0 Å². The van der Waals surface area contributed by atoms with E-state index in [0.29, 0.717) is 12.1 Å². The van der Waals surface area contributed by atoms with E-state index in [1.807, 2.05) is 13.0 Å². The number of hydrogen-bond donors (Lipinski definition) is 1. The number of rotatable bonds is 9. The first-order chi connectivity index (χ1) is 10.2. The summed E-state index contributed by atoms with van der Waals surface area (Å²) in [4.78, 5) is 10.8. The van der Waals surface area contributed by atoms with E-state index in [1.165, 1.54) is 0 Å². The van der Waals surface area contributed by atoms with Crippen LogP contribution in [0.3, 0.4) is 0 Å². The largest absolute Gasteiger partial charge is 0.383 e.